The van der Waals surface area contributed by atoms with Gasteiger partial charge < -0.3 is 19.8 Å². The molecule has 0 saturated heterocycles. The number of fused-ring (bicyclic) bond motifs is 5. The standard InChI is InChI=1S/C26H18FN7O2/c1-3-16-11-20-17(12-30-16)23-21(22-24(28)31-13-32-25(22)34(23)8-9-35-20)15-4-5-19(18(27)10-15)36-26-29-7-6-14(2)33-26/h1,4-7,10-13H,8-9H2,2H3,(H2,28,31,32). The smallest absolute Gasteiger partial charge is 0.322 e. The Hall–Kier alpha value is -5.04. The van der Waals surface area contributed by atoms with Gasteiger partial charge in [0.1, 0.15) is 35.8 Å². The maximum Gasteiger partial charge on any atom is 0.322 e. The van der Waals surface area contributed by atoms with Crippen LogP contribution in [0.25, 0.3) is 33.4 Å². The van der Waals surface area contributed by atoms with Crippen LogP contribution in [0.5, 0.6) is 17.5 Å². The summed E-state index contributed by atoms with van der Waals surface area (Å²) in [7, 11) is 0. The van der Waals surface area contributed by atoms with Gasteiger partial charge in [-0.3, -0.25) is 0 Å². The van der Waals surface area contributed by atoms with E-state index in [1.54, 1.807) is 37.5 Å². The summed E-state index contributed by atoms with van der Waals surface area (Å²) in [5, 5.41) is 0.608. The molecule has 0 radical (unpaired) electrons. The van der Waals surface area contributed by atoms with Crippen molar-refractivity contribution in [2.75, 3.05) is 12.3 Å². The van der Waals surface area contributed by atoms with Gasteiger partial charge in [0.2, 0.25) is 0 Å². The predicted octanol–water partition coefficient (Wildman–Crippen LogP) is 4.15. The van der Waals surface area contributed by atoms with Crippen LogP contribution >= 0.6 is 0 Å². The van der Waals surface area contributed by atoms with Crippen LogP contribution < -0.4 is 15.2 Å². The van der Waals surface area contributed by atoms with E-state index in [-0.39, 0.29) is 17.6 Å². The number of nitrogens with two attached hydrogens (primary N) is 1. The second-order valence-corrected chi connectivity index (χ2v) is 8.12. The fourth-order valence-electron chi connectivity index (χ4n) is 4.34. The van der Waals surface area contributed by atoms with Crippen molar-refractivity contribution in [2.45, 2.75) is 13.5 Å². The summed E-state index contributed by atoms with van der Waals surface area (Å²) in [6.07, 6.45) is 10.1. The van der Waals surface area contributed by atoms with Crippen molar-refractivity contribution in [3.05, 3.63) is 66.3 Å². The largest absolute Gasteiger partial charge is 0.491 e. The number of benzene rings is 1. The van der Waals surface area contributed by atoms with E-state index in [0.29, 0.717) is 58.0 Å². The topological polar surface area (TPSA) is 114 Å². The van der Waals surface area contributed by atoms with Gasteiger partial charge in [-0.05, 0) is 30.7 Å². The highest BCUT2D eigenvalue weighted by atomic mass is 19.1. The number of nitrogens with zero attached hydrogens (tertiary/aromatic N) is 6. The van der Waals surface area contributed by atoms with Crippen molar-refractivity contribution >= 4 is 16.9 Å². The lowest BCUT2D eigenvalue weighted by Gasteiger charge is -2.12. The van der Waals surface area contributed by atoms with Gasteiger partial charge in [0.25, 0.3) is 0 Å². The first-order valence-electron chi connectivity index (χ1n) is 11.0. The number of terminal acetylenes is 1. The Bertz CT molecular complexity index is 1710. The molecular formula is C26H18FN7O2. The van der Waals surface area contributed by atoms with Gasteiger partial charge in [0.05, 0.1) is 23.2 Å². The number of anilines is 1. The van der Waals surface area contributed by atoms with E-state index >= 15 is 4.39 Å². The minimum absolute atomic E-state index is 0.00719. The van der Waals surface area contributed by atoms with Crippen molar-refractivity contribution in [3.8, 4) is 52.2 Å². The predicted molar refractivity (Wildman–Crippen MR) is 131 cm³/mol. The summed E-state index contributed by atoms with van der Waals surface area (Å²) in [5.74, 6) is 2.78. The lowest BCUT2D eigenvalue weighted by molar-refractivity contribution is 0.308. The minimum Gasteiger partial charge on any atom is -0.491 e. The van der Waals surface area contributed by atoms with E-state index in [1.807, 2.05) is 4.57 Å². The van der Waals surface area contributed by atoms with E-state index in [0.717, 1.165) is 5.69 Å². The van der Waals surface area contributed by atoms with Crippen LogP contribution in [-0.2, 0) is 6.54 Å². The second-order valence-electron chi connectivity index (χ2n) is 8.12. The molecule has 0 bridgehead atoms. The maximum atomic E-state index is 15.3. The quantitative estimate of drug-likeness (QED) is 0.384. The molecule has 176 valence electrons. The minimum atomic E-state index is -0.591. The molecule has 5 aromatic rings. The molecule has 9 nitrogen and oxygen atoms in total. The molecule has 1 aromatic carbocycles. The van der Waals surface area contributed by atoms with Crippen molar-refractivity contribution in [3.63, 3.8) is 0 Å². The molecule has 6 rings (SSSR count). The summed E-state index contributed by atoms with van der Waals surface area (Å²) in [4.78, 5) is 21.2. The summed E-state index contributed by atoms with van der Waals surface area (Å²) < 4.78 is 28.9. The zero-order valence-corrected chi connectivity index (χ0v) is 19.1. The number of halogens is 1. The van der Waals surface area contributed by atoms with E-state index in [9.17, 15) is 0 Å². The molecule has 2 N–H and O–H groups in total. The van der Waals surface area contributed by atoms with Crippen LogP contribution in [0.3, 0.4) is 0 Å². The van der Waals surface area contributed by atoms with Gasteiger partial charge in [-0.25, -0.2) is 29.3 Å². The van der Waals surface area contributed by atoms with Crippen LogP contribution in [0.4, 0.5) is 10.2 Å². The Morgan fingerprint density at radius 1 is 1.17 bits per heavy atom. The molecule has 10 heteroatoms. The Balaban J connectivity index is 1.57. The molecule has 0 saturated carbocycles. The van der Waals surface area contributed by atoms with E-state index < -0.39 is 5.82 Å². The Kier molecular flexibility index (Phi) is 4.97. The normalized spacial score (nSPS) is 12.2. The van der Waals surface area contributed by atoms with Crippen LogP contribution in [-0.4, -0.2) is 36.1 Å². The van der Waals surface area contributed by atoms with Crippen molar-refractivity contribution < 1.29 is 13.9 Å². The second kappa shape index (κ2) is 8.32. The molecule has 0 spiro atoms. The first kappa shape index (κ1) is 21.5. The van der Waals surface area contributed by atoms with Crippen molar-refractivity contribution in [1.82, 2.24) is 29.5 Å². The highest BCUT2D eigenvalue weighted by molar-refractivity contribution is 6.08. The molecular weight excluding hydrogens is 461 g/mol. The Morgan fingerprint density at radius 2 is 2.06 bits per heavy atom. The van der Waals surface area contributed by atoms with Gasteiger partial charge in [-0.2, -0.15) is 0 Å². The van der Waals surface area contributed by atoms with Crippen molar-refractivity contribution in [1.29, 1.82) is 0 Å². The first-order valence-corrected chi connectivity index (χ1v) is 11.0. The number of pyridine rings is 1. The van der Waals surface area contributed by atoms with Crippen LogP contribution in [0.2, 0.25) is 0 Å². The molecule has 36 heavy (non-hydrogen) atoms. The van der Waals surface area contributed by atoms with Crippen molar-refractivity contribution in [2.24, 2.45) is 0 Å². The fraction of sp³-hybridized carbons (Fsp3) is 0.115. The molecule has 1 aliphatic rings. The number of aryl methyl sites for hydroxylation is 1. The van der Waals surface area contributed by atoms with Gasteiger partial charge in [-0.1, -0.05) is 12.0 Å². The van der Waals surface area contributed by atoms with Crippen LogP contribution in [0.1, 0.15) is 11.4 Å². The third-order valence-corrected chi connectivity index (χ3v) is 5.90. The van der Waals surface area contributed by atoms with E-state index in [2.05, 4.69) is 30.8 Å². The average molecular weight is 479 g/mol. The summed E-state index contributed by atoms with van der Waals surface area (Å²) in [5.41, 5.74) is 10.7. The Morgan fingerprint density at radius 3 is 2.86 bits per heavy atom. The molecule has 5 heterocycles. The van der Waals surface area contributed by atoms with Gasteiger partial charge >= 0.3 is 6.01 Å². The van der Waals surface area contributed by atoms with E-state index in [1.165, 1.54) is 18.5 Å². The highest BCUT2D eigenvalue weighted by Crippen LogP contribution is 2.46. The van der Waals surface area contributed by atoms with E-state index in [4.69, 9.17) is 21.6 Å². The average Bonchev–Trinajstić information content (AvgIpc) is 3.09. The summed E-state index contributed by atoms with van der Waals surface area (Å²) in [6.45, 7) is 2.66. The van der Waals surface area contributed by atoms with Crippen LogP contribution in [0.15, 0.2) is 49.1 Å². The monoisotopic (exact) mass is 479 g/mol. The molecule has 0 fully saturated rings. The number of ether oxygens (including phenoxy) is 2. The third-order valence-electron chi connectivity index (χ3n) is 5.90. The zero-order valence-electron chi connectivity index (χ0n) is 19.1. The first-order chi connectivity index (χ1) is 17.5. The summed E-state index contributed by atoms with van der Waals surface area (Å²) >= 11 is 0. The molecule has 0 aliphatic carbocycles. The molecule has 0 unspecified atom stereocenters. The Labute approximate surface area is 204 Å². The van der Waals surface area contributed by atoms with Gasteiger partial charge in [0, 0.05) is 29.7 Å². The van der Waals surface area contributed by atoms with Gasteiger partial charge in [0.15, 0.2) is 11.6 Å². The van der Waals surface area contributed by atoms with Crippen LogP contribution in [0, 0.1) is 25.1 Å². The highest BCUT2D eigenvalue weighted by Gasteiger charge is 2.28. The molecule has 1 aliphatic heterocycles. The maximum absolute atomic E-state index is 15.3. The number of rotatable bonds is 3. The number of aromatic nitrogens is 6. The number of hydrogen-bond donors (Lipinski definition) is 1. The summed E-state index contributed by atoms with van der Waals surface area (Å²) in [6, 6.07) is 8.14. The molecule has 4 aromatic heterocycles. The molecule has 0 amide bonds. The van der Waals surface area contributed by atoms with Gasteiger partial charge in [-0.15, -0.1) is 6.42 Å². The number of hydrogen-bond acceptors (Lipinski definition) is 8. The molecule has 0 atom stereocenters. The zero-order chi connectivity index (χ0) is 24.8. The lowest BCUT2D eigenvalue weighted by atomic mass is 9.98. The lowest BCUT2D eigenvalue weighted by Crippen LogP contribution is -2.06. The third kappa shape index (κ3) is 3.45. The SMILES string of the molecule is C#Cc1cc2c(cn1)-c1c(-c3ccc(Oc4nccc(C)n4)c(F)c3)c3c(N)ncnc3n1CCO2. The fourth-order valence-corrected chi connectivity index (χ4v) is 4.34. The number of nitrogen functional groups attached to an aromatic ring is 1.